The van der Waals surface area contributed by atoms with E-state index in [2.05, 4.69) is 5.10 Å². The molecule has 5 heteroatoms. The first-order valence-electron chi connectivity index (χ1n) is 5.14. The molecule has 0 N–H and O–H groups in total. The normalized spacial score (nSPS) is 27.8. The predicted molar refractivity (Wildman–Crippen MR) is 47.3 cm³/mol. The van der Waals surface area contributed by atoms with Crippen LogP contribution in [-0.4, -0.2) is 16.0 Å². The fraction of sp³-hybridized carbons (Fsp3) is 0.700. The molecule has 1 fully saturated rings. The molecule has 15 heavy (non-hydrogen) atoms. The van der Waals surface area contributed by atoms with Crippen LogP contribution in [0.25, 0.3) is 0 Å². The Morgan fingerprint density at radius 3 is 2.73 bits per heavy atom. The molecule has 0 aromatic carbocycles. The van der Waals surface area contributed by atoms with Crippen LogP contribution in [0.5, 0.6) is 0 Å². The molecule has 1 saturated carbocycles. The first-order valence-corrected chi connectivity index (χ1v) is 5.14. The zero-order valence-corrected chi connectivity index (χ0v) is 8.09. The van der Waals surface area contributed by atoms with E-state index < -0.39 is 17.6 Å². The molecule has 0 amide bonds. The highest BCUT2D eigenvalue weighted by atomic mass is 19.4. The first-order chi connectivity index (χ1) is 7.05. The molecule has 1 aliphatic heterocycles. The quantitative estimate of drug-likeness (QED) is 0.705. The smallest absolute Gasteiger partial charge is 0.266 e. The molecule has 1 atom stereocenters. The molecule has 0 bridgehead atoms. The van der Waals surface area contributed by atoms with Crippen molar-refractivity contribution < 1.29 is 13.2 Å². The van der Waals surface area contributed by atoms with Crippen molar-refractivity contribution >= 4 is 0 Å². The summed E-state index contributed by atoms with van der Waals surface area (Å²) in [6, 6.07) is 1.36. The van der Waals surface area contributed by atoms with Gasteiger partial charge >= 0.3 is 6.18 Å². The van der Waals surface area contributed by atoms with E-state index in [9.17, 15) is 13.2 Å². The highest BCUT2D eigenvalue weighted by molar-refractivity contribution is 5.15. The lowest BCUT2D eigenvalue weighted by atomic mass is 9.94. The van der Waals surface area contributed by atoms with Gasteiger partial charge < -0.3 is 0 Å². The van der Waals surface area contributed by atoms with E-state index in [0.717, 1.165) is 12.1 Å². The summed E-state index contributed by atoms with van der Waals surface area (Å²) in [6.45, 7) is 0. The lowest BCUT2D eigenvalue weighted by Crippen LogP contribution is -2.33. The van der Waals surface area contributed by atoms with Crippen LogP contribution in [0.2, 0.25) is 0 Å². The van der Waals surface area contributed by atoms with Crippen LogP contribution in [0.1, 0.15) is 31.0 Å². The Hall–Kier alpha value is -1.00. The third kappa shape index (κ3) is 1.09. The summed E-state index contributed by atoms with van der Waals surface area (Å²) >= 11 is 0. The van der Waals surface area contributed by atoms with Gasteiger partial charge in [-0.15, -0.1) is 0 Å². The van der Waals surface area contributed by atoms with Gasteiger partial charge in [-0.2, -0.15) is 18.3 Å². The van der Waals surface area contributed by atoms with Crippen molar-refractivity contribution in [1.82, 2.24) is 9.78 Å². The van der Waals surface area contributed by atoms with E-state index in [1.54, 1.807) is 10.9 Å². The van der Waals surface area contributed by atoms with Gasteiger partial charge in [-0.05, 0) is 31.7 Å². The minimum atomic E-state index is -4.08. The molecule has 0 spiro atoms. The predicted octanol–water partition coefficient (Wildman–Crippen LogP) is 2.71. The molecule has 3 rings (SSSR count). The Kier molecular flexibility index (Phi) is 1.58. The number of hydrogen-bond acceptors (Lipinski definition) is 1. The lowest BCUT2D eigenvalue weighted by molar-refractivity contribution is -0.200. The second-order valence-corrected chi connectivity index (χ2v) is 4.48. The molecular weight excluding hydrogens is 205 g/mol. The van der Waals surface area contributed by atoms with Crippen molar-refractivity contribution in [3.05, 3.63) is 18.0 Å². The molecule has 2 nitrogen and oxygen atoms in total. The van der Waals surface area contributed by atoms with Crippen LogP contribution in [-0.2, 0) is 6.42 Å². The average Bonchev–Trinajstić information content (AvgIpc) is 2.68. The van der Waals surface area contributed by atoms with Crippen LogP contribution in [0.4, 0.5) is 13.2 Å². The molecule has 2 aliphatic rings. The molecule has 0 saturated heterocycles. The third-order valence-electron chi connectivity index (χ3n) is 3.71. The number of aromatic nitrogens is 2. The second kappa shape index (κ2) is 2.57. The summed E-state index contributed by atoms with van der Waals surface area (Å²) in [7, 11) is 0. The van der Waals surface area contributed by atoms with Crippen molar-refractivity contribution in [1.29, 1.82) is 0 Å². The van der Waals surface area contributed by atoms with Gasteiger partial charge in [0.2, 0.25) is 0 Å². The number of halogens is 3. The molecule has 0 unspecified atom stereocenters. The number of rotatable bonds is 1. The minimum absolute atomic E-state index is 0.264. The van der Waals surface area contributed by atoms with Crippen molar-refractivity contribution in [2.24, 2.45) is 5.41 Å². The largest absolute Gasteiger partial charge is 0.396 e. The molecule has 0 radical (unpaired) electrons. The summed E-state index contributed by atoms with van der Waals surface area (Å²) in [5.74, 6) is 0. The van der Waals surface area contributed by atoms with Crippen LogP contribution >= 0.6 is 0 Å². The summed E-state index contributed by atoms with van der Waals surface area (Å²) in [5, 5.41) is 4.01. The zero-order chi connectivity index (χ0) is 10.7. The van der Waals surface area contributed by atoms with Gasteiger partial charge in [-0.1, -0.05) is 0 Å². The van der Waals surface area contributed by atoms with Gasteiger partial charge in [0, 0.05) is 11.9 Å². The molecule has 1 aromatic heterocycles. The summed E-state index contributed by atoms with van der Waals surface area (Å²) in [4.78, 5) is 0. The topological polar surface area (TPSA) is 17.8 Å². The van der Waals surface area contributed by atoms with E-state index in [1.807, 2.05) is 6.07 Å². The Morgan fingerprint density at radius 2 is 2.13 bits per heavy atom. The second-order valence-electron chi connectivity index (χ2n) is 4.48. The number of alkyl halides is 3. The maximum atomic E-state index is 12.9. The number of aryl methyl sites for hydroxylation is 1. The third-order valence-corrected chi connectivity index (χ3v) is 3.71. The van der Waals surface area contributed by atoms with E-state index in [-0.39, 0.29) is 12.8 Å². The number of hydrogen-bond donors (Lipinski definition) is 0. The fourth-order valence-electron chi connectivity index (χ4n) is 2.68. The van der Waals surface area contributed by atoms with Gasteiger partial charge in [-0.3, -0.25) is 4.68 Å². The van der Waals surface area contributed by atoms with E-state index >= 15 is 0 Å². The summed E-state index contributed by atoms with van der Waals surface area (Å²) < 4.78 is 40.3. The molecule has 1 aromatic rings. The number of nitrogens with zero attached hydrogens (tertiary/aromatic N) is 2. The van der Waals surface area contributed by atoms with Gasteiger partial charge in [0.1, 0.15) is 0 Å². The van der Waals surface area contributed by atoms with Crippen LogP contribution < -0.4 is 0 Å². The Balaban J connectivity index is 1.98. The lowest BCUT2D eigenvalue weighted by Gasteiger charge is -2.26. The average molecular weight is 216 g/mol. The van der Waals surface area contributed by atoms with E-state index in [0.29, 0.717) is 6.42 Å². The highest BCUT2D eigenvalue weighted by Crippen LogP contribution is 2.65. The minimum Gasteiger partial charge on any atom is -0.266 e. The maximum absolute atomic E-state index is 12.9. The molecular formula is C10H11F3N2. The Labute approximate surface area is 85.1 Å². The highest BCUT2D eigenvalue weighted by Gasteiger charge is 2.68. The Bertz CT molecular complexity index is 390. The molecule has 2 heterocycles. The summed E-state index contributed by atoms with van der Waals surface area (Å²) in [6.07, 6.45) is -0.648. The molecule has 1 aliphatic carbocycles. The van der Waals surface area contributed by atoms with Crippen molar-refractivity contribution in [3.63, 3.8) is 0 Å². The van der Waals surface area contributed by atoms with Crippen LogP contribution in [0.15, 0.2) is 12.3 Å². The number of fused-ring (bicyclic) bond motifs is 1. The summed E-state index contributed by atoms with van der Waals surface area (Å²) in [5.41, 5.74) is -0.528. The van der Waals surface area contributed by atoms with Gasteiger partial charge in [0.25, 0.3) is 0 Å². The SMILES string of the molecule is FC(F)(F)C1([C@H]2CCc3ccnn32)CC1. The van der Waals surface area contributed by atoms with Gasteiger partial charge in [0.15, 0.2) is 0 Å². The monoisotopic (exact) mass is 216 g/mol. The Morgan fingerprint density at radius 1 is 1.40 bits per heavy atom. The first kappa shape index (κ1) is 9.24. The van der Waals surface area contributed by atoms with E-state index in [1.165, 1.54) is 0 Å². The standard InChI is InChI=1S/C10H11F3N2/c11-10(12,13)9(4-5-9)8-2-1-7-3-6-14-15(7)8/h3,6,8H,1-2,4-5H2/t8-/m1/s1. The van der Waals surface area contributed by atoms with Crippen molar-refractivity contribution in [2.45, 2.75) is 37.9 Å². The molecule has 82 valence electrons. The van der Waals surface area contributed by atoms with Crippen molar-refractivity contribution in [2.75, 3.05) is 0 Å². The zero-order valence-electron chi connectivity index (χ0n) is 8.09. The van der Waals surface area contributed by atoms with Crippen molar-refractivity contribution in [3.8, 4) is 0 Å². The van der Waals surface area contributed by atoms with Gasteiger partial charge in [0.05, 0.1) is 11.5 Å². The fourth-order valence-corrected chi connectivity index (χ4v) is 2.68. The van der Waals surface area contributed by atoms with E-state index in [4.69, 9.17) is 0 Å². The van der Waals surface area contributed by atoms with Gasteiger partial charge in [-0.25, -0.2) is 0 Å². The maximum Gasteiger partial charge on any atom is 0.396 e. The van der Waals surface area contributed by atoms with Crippen LogP contribution in [0, 0.1) is 5.41 Å². The van der Waals surface area contributed by atoms with Crippen LogP contribution in [0.3, 0.4) is 0 Å².